The standard InChI is InChI=1S/C5H9NO2/c1-6-3-2-5(4-7)8-6/h2-3,5,7H,4H2,1H3. The first kappa shape index (κ1) is 5.59. The molecule has 0 aliphatic carbocycles. The Kier molecular flexibility index (Phi) is 1.50. The van der Waals surface area contributed by atoms with Crippen molar-refractivity contribution in [2.75, 3.05) is 13.7 Å². The number of aliphatic hydroxyl groups is 1. The molecule has 8 heavy (non-hydrogen) atoms. The van der Waals surface area contributed by atoms with Crippen LogP contribution in [0, 0.1) is 0 Å². The molecule has 0 fully saturated rings. The minimum atomic E-state index is -0.125. The highest BCUT2D eigenvalue weighted by atomic mass is 16.7. The highest BCUT2D eigenvalue weighted by Crippen LogP contribution is 2.04. The second kappa shape index (κ2) is 2.15. The predicted octanol–water partition coefficient (Wildman–Crippen LogP) is -0.262. The lowest BCUT2D eigenvalue weighted by molar-refractivity contribution is -0.122. The molecule has 1 atom stereocenters. The van der Waals surface area contributed by atoms with Gasteiger partial charge in [0.25, 0.3) is 0 Å². The molecule has 3 nitrogen and oxygen atoms in total. The fourth-order valence-corrected chi connectivity index (χ4v) is 0.595. The summed E-state index contributed by atoms with van der Waals surface area (Å²) in [5, 5.41) is 10.1. The van der Waals surface area contributed by atoms with E-state index in [4.69, 9.17) is 9.94 Å². The number of nitrogens with zero attached hydrogens (tertiary/aromatic N) is 1. The first-order valence-corrected chi connectivity index (χ1v) is 2.51. The van der Waals surface area contributed by atoms with Gasteiger partial charge in [0, 0.05) is 13.2 Å². The Hall–Kier alpha value is -0.540. The molecule has 1 rings (SSSR count). The molecule has 1 aliphatic rings. The van der Waals surface area contributed by atoms with E-state index in [9.17, 15) is 0 Å². The average molecular weight is 115 g/mol. The molecule has 0 saturated heterocycles. The minimum Gasteiger partial charge on any atom is -0.393 e. The molecule has 1 N–H and O–H groups in total. The van der Waals surface area contributed by atoms with Crippen LogP contribution in [0.3, 0.4) is 0 Å². The molecule has 1 heterocycles. The van der Waals surface area contributed by atoms with E-state index in [1.165, 1.54) is 0 Å². The number of aliphatic hydroxyl groups excluding tert-OH is 1. The summed E-state index contributed by atoms with van der Waals surface area (Å²) in [6.45, 7) is 0.0564. The van der Waals surface area contributed by atoms with Crippen molar-refractivity contribution < 1.29 is 9.94 Å². The normalized spacial score (nSPS) is 27.2. The molecule has 46 valence electrons. The van der Waals surface area contributed by atoms with Crippen molar-refractivity contribution in [3.63, 3.8) is 0 Å². The summed E-state index contributed by atoms with van der Waals surface area (Å²) in [6, 6.07) is 0. The molecule has 0 saturated carbocycles. The van der Waals surface area contributed by atoms with E-state index < -0.39 is 0 Å². The third-order valence-electron chi connectivity index (χ3n) is 0.992. The Morgan fingerprint density at radius 2 is 2.62 bits per heavy atom. The molecule has 0 aromatic rings. The molecule has 1 unspecified atom stereocenters. The zero-order chi connectivity index (χ0) is 5.98. The molecule has 0 radical (unpaired) electrons. The van der Waals surface area contributed by atoms with E-state index >= 15 is 0 Å². The van der Waals surface area contributed by atoms with E-state index in [0.717, 1.165) is 0 Å². The second-order valence-electron chi connectivity index (χ2n) is 1.71. The third-order valence-corrected chi connectivity index (χ3v) is 0.992. The fourth-order valence-electron chi connectivity index (χ4n) is 0.595. The smallest absolute Gasteiger partial charge is 0.128 e. The van der Waals surface area contributed by atoms with Crippen LogP contribution in [0.15, 0.2) is 12.3 Å². The van der Waals surface area contributed by atoms with Crippen LogP contribution in [0.5, 0.6) is 0 Å². The topological polar surface area (TPSA) is 32.7 Å². The van der Waals surface area contributed by atoms with Gasteiger partial charge in [0.2, 0.25) is 0 Å². The first-order valence-electron chi connectivity index (χ1n) is 2.51. The third kappa shape index (κ3) is 0.993. The van der Waals surface area contributed by atoms with Gasteiger partial charge < -0.3 is 5.11 Å². The monoisotopic (exact) mass is 115 g/mol. The maximum atomic E-state index is 8.48. The van der Waals surface area contributed by atoms with Gasteiger partial charge in [-0.15, -0.1) is 0 Å². The molecule has 0 spiro atoms. The summed E-state index contributed by atoms with van der Waals surface area (Å²) in [5.74, 6) is 0. The molecule has 0 amide bonds. The predicted molar refractivity (Wildman–Crippen MR) is 28.9 cm³/mol. The van der Waals surface area contributed by atoms with E-state index in [1.54, 1.807) is 24.4 Å². The molecule has 3 heteroatoms. The maximum Gasteiger partial charge on any atom is 0.128 e. The van der Waals surface area contributed by atoms with Crippen molar-refractivity contribution >= 4 is 0 Å². The van der Waals surface area contributed by atoms with E-state index in [0.29, 0.717) is 0 Å². The van der Waals surface area contributed by atoms with Gasteiger partial charge in [0.05, 0.1) is 6.61 Å². The van der Waals surface area contributed by atoms with Gasteiger partial charge in [-0.2, -0.15) is 0 Å². The Morgan fingerprint density at radius 3 is 2.88 bits per heavy atom. The number of hydroxylamine groups is 2. The van der Waals surface area contributed by atoms with Crippen LogP contribution in [-0.4, -0.2) is 29.9 Å². The molecule has 1 aliphatic heterocycles. The van der Waals surface area contributed by atoms with Crippen molar-refractivity contribution in [2.24, 2.45) is 0 Å². The summed E-state index contributed by atoms with van der Waals surface area (Å²) in [5.41, 5.74) is 0. The first-order chi connectivity index (χ1) is 3.83. The SMILES string of the molecule is CN1C=CC(CO)O1. The Bertz CT molecular complexity index is 103. The van der Waals surface area contributed by atoms with Crippen molar-refractivity contribution in [2.45, 2.75) is 6.10 Å². The van der Waals surface area contributed by atoms with Crippen LogP contribution in [-0.2, 0) is 4.84 Å². The van der Waals surface area contributed by atoms with Gasteiger partial charge in [-0.25, -0.2) is 0 Å². The lowest BCUT2D eigenvalue weighted by Crippen LogP contribution is -2.16. The zero-order valence-corrected chi connectivity index (χ0v) is 4.74. The quantitative estimate of drug-likeness (QED) is 0.511. The van der Waals surface area contributed by atoms with Crippen LogP contribution in [0.2, 0.25) is 0 Å². The van der Waals surface area contributed by atoms with Crippen molar-refractivity contribution in [1.82, 2.24) is 5.06 Å². The summed E-state index contributed by atoms with van der Waals surface area (Å²) in [6.07, 6.45) is 3.46. The molecule has 0 bridgehead atoms. The largest absolute Gasteiger partial charge is 0.393 e. The number of rotatable bonds is 1. The maximum absolute atomic E-state index is 8.48. The van der Waals surface area contributed by atoms with Gasteiger partial charge in [-0.3, -0.25) is 9.90 Å². The molecular formula is C5H9NO2. The van der Waals surface area contributed by atoms with Crippen molar-refractivity contribution in [1.29, 1.82) is 0 Å². The van der Waals surface area contributed by atoms with Crippen LogP contribution in [0.1, 0.15) is 0 Å². The number of hydrogen-bond acceptors (Lipinski definition) is 3. The molecular weight excluding hydrogens is 106 g/mol. The Morgan fingerprint density at radius 1 is 1.88 bits per heavy atom. The van der Waals surface area contributed by atoms with Crippen LogP contribution < -0.4 is 0 Å². The van der Waals surface area contributed by atoms with Crippen LogP contribution in [0.25, 0.3) is 0 Å². The van der Waals surface area contributed by atoms with Gasteiger partial charge in [-0.1, -0.05) is 0 Å². The Balaban J connectivity index is 2.34. The van der Waals surface area contributed by atoms with Gasteiger partial charge in [0.1, 0.15) is 6.10 Å². The fraction of sp³-hybridized carbons (Fsp3) is 0.600. The second-order valence-corrected chi connectivity index (χ2v) is 1.71. The van der Waals surface area contributed by atoms with Gasteiger partial charge in [-0.05, 0) is 6.08 Å². The van der Waals surface area contributed by atoms with Crippen LogP contribution in [0.4, 0.5) is 0 Å². The Labute approximate surface area is 48.1 Å². The lowest BCUT2D eigenvalue weighted by atomic mass is 10.4. The van der Waals surface area contributed by atoms with Gasteiger partial charge >= 0.3 is 0 Å². The summed E-state index contributed by atoms with van der Waals surface area (Å²) in [4.78, 5) is 4.98. The lowest BCUT2D eigenvalue weighted by Gasteiger charge is -2.09. The average Bonchev–Trinajstić information content (AvgIpc) is 2.14. The summed E-state index contributed by atoms with van der Waals surface area (Å²) in [7, 11) is 1.78. The molecule has 0 aromatic carbocycles. The van der Waals surface area contributed by atoms with Crippen molar-refractivity contribution in [3.05, 3.63) is 12.3 Å². The minimum absolute atomic E-state index is 0.0564. The van der Waals surface area contributed by atoms with E-state index in [2.05, 4.69) is 0 Å². The zero-order valence-electron chi connectivity index (χ0n) is 4.74. The van der Waals surface area contributed by atoms with Crippen LogP contribution >= 0.6 is 0 Å². The van der Waals surface area contributed by atoms with E-state index in [-0.39, 0.29) is 12.7 Å². The number of hydrogen-bond donors (Lipinski definition) is 1. The summed E-state index contributed by atoms with van der Waals surface area (Å²) >= 11 is 0. The van der Waals surface area contributed by atoms with E-state index in [1.807, 2.05) is 0 Å². The van der Waals surface area contributed by atoms with Gasteiger partial charge in [0.15, 0.2) is 0 Å². The molecule has 0 aromatic heterocycles. The highest BCUT2D eigenvalue weighted by molar-refractivity contribution is 4.91. The van der Waals surface area contributed by atoms with Crippen molar-refractivity contribution in [3.8, 4) is 0 Å². The summed E-state index contributed by atoms with van der Waals surface area (Å²) < 4.78 is 0. The highest BCUT2D eigenvalue weighted by Gasteiger charge is 2.10.